The summed E-state index contributed by atoms with van der Waals surface area (Å²) in [6.07, 6.45) is 8.80. The third-order valence-corrected chi connectivity index (χ3v) is 3.76. The third kappa shape index (κ3) is 2.05. The van der Waals surface area contributed by atoms with Crippen molar-refractivity contribution in [2.75, 3.05) is 20.3 Å². The summed E-state index contributed by atoms with van der Waals surface area (Å²) in [5, 5.41) is 3.55. The molecule has 2 rings (SSSR count). The lowest BCUT2D eigenvalue weighted by Gasteiger charge is -2.46. The SMILES string of the molecule is COCCNC1CC2(CCCC2)C1. The van der Waals surface area contributed by atoms with Crippen molar-refractivity contribution < 1.29 is 4.74 Å². The Hall–Kier alpha value is -0.0800. The van der Waals surface area contributed by atoms with Crippen molar-refractivity contribution in [2.45, 2.75) is 44.6 Å². The lowest BCUT2D eigenvalue weighted by atomic mass is 9.64. The fraction of sp³-hybridized carbons (Fsp3) is 1.00. The minimum Gasteiger partial charge on any atom is -0.383 e. The Bertz CT molecular complexity index is 155. The van der Waals surface area contributed by atoms with Gasteiger partial charge in [-0.05, 0) is 31.1 Å². The van der Waals surface area contributed by atoms with Crippen molar-refractivity contribution >= 4 is 0 Å². The number of hydrogen-bond acceptors (Lipinski definition) is 2. The first-order chi connectivity index (χ1) is 6.35. The van der Waals surface area contributed by atoms with Crippen LogP contribution < -0.4 is 5.32 Å². The van der Waals surface area contributed by atoms with Crippen LogP contribution in [0, 0.1) is 5.41 Å². The Labute approximate surface area is 81.0 Å². The molecule has 2 fully saturated rings. The highest BCUT2D eigenvalue weighted by Crippen LogP contribution is 2.52. The molecule has 0 aromatic heterocycles. The Morgan fingerprint density at radius 2 is 2.00 bits per heavy atom. The second-order valence-electron chi connectivity index (χ2n) is 4.76. The van der Waals surface area contributed by atoms with Gasteiger partial charge in [0, 0.05) is 19.7 Å². The fourth-order valence-corrected chi connectivity index (χ4v) is 3.03. The van der Waals surface area contributed by atoms with E-state index in [-0.39, 0.29) is 0 Å². The maximum absolute atomic E-state index is 5.02. The Balaban J connectivity index is 1.61. The average molecular weight is 183 g/mol. The molecule has 0 amide bonds. The monoisotopic (exact) mass is 183 g/mol. The van der Waals surface area contributed by atoms with Crippen molar-refractivity contribution in [2.24, 2.45) is 5.41 Å². The molecule has 76 valence electrons. The van der Waals surface area contributed by atoms with Crippen LogP contribution in [0.15, 0.2) is 0 Å². The Morgan fingerprint density at radius 3 is 2.62 bits per heavy atom. The summed E-state index contributed by atoms with van der Waals surface area (Å²) in [6, 6.07) is 0.799. The first-order valence-corrected chi connectivity index (χ1v) is 5.57. The lowest BCUT2D eigenvalue weighted by Crippen LogP contribution is -2.48. The molecular formula is C11H21NO. The molecule has 2 aliphatic rings. The van der Waals surface area contributed by atoms with E-state index in [9.17, 15) is 0 Å². The largest absolute Gasteiger partial charge is 0.383 e. The smallest absolute Gasteiger partial charge is 0.0587 e. The van der Waals surface area contributed by atoms with Gasteiger partial charge in [-0.3, -0.25) is 0 Å². The van der Waals surface area contributed by atoms with Crippen molar-refractivity contribution in [1.29, 1.82) is 0 Å². The molecule has 1 N–H and O–H groups in total. The normalized spacial score (nSPS) is 26.5. The first kappa shape index (κ1) is 9.47. The molecule has 0 saturated heterocycles. The van der Waals surface area contributed by atoms with Crippen LogP contribution in [-0.2, 0) is 4.74 Å². The van der Waals surface area contributed by atoms with E-state index in [4.69, 9.17) is 4.74 Å². The molecule has 2 heteroatoms. The van der Waals surface area contributed by atoms with Gasteiger partial charge in [-0.15, -0.1) is 0 Å². The highest BCUT2D eigenvalue weighted by molar-refractivity contribution is 4.99. The molecule has 13 heavy (non-hydrogen) atoms. The molecule has 0 unspecified atom stereocenters. The van der Waals surface area contributed by atoms with Crippen LogP contribution >= 0.6 is 0 Å². The molecule has 2 aliphatic carbocycles. The van der Waals surface area contributed by atoms with Gasteiger partial charge in [-0.25, -0.2) is 0 Å². The van der Waals surface area contributed by atoms with Gasteiger partial charge in [0.25, 0.3) is 0 Å². The molecule has 2 nitrogen and oxygen atoms in total. The maximum Gasteiger partial charge on any atom is 0.0587 e. The van der Waals surface area contributed by atoms with Crippen LogP contribution in [0.3, 0.4) is 0 Å². The standard InChI is InChI=1S/C11H21NO/c1-13-7-6-12-10-8-11(9-10)4-2-3-5-11/h10,12H,2-9H2,1H3. The van der Waals surface area contributed by atoms with E-state index in [0.29, 0.717) is 0 Å². The van der Waals surface area contributed by atoms with Gasteiger partial charge >= 0.3 is 0 Å². The second-order valence-corrected chi connectivity index (χ2v) is 4.76. The molecule has 0 atom stereocenters. The van der Waals surface area contributed by atoms with E-state index in [2.05, 4.69) is 5.32 Å². The maximum atomic E-state index is 5.02. The number of rotatable bonds is 4. The van der Waals surface area contributed by atoms with Crippen molar-refractivity contribution in [3.63, 3.8) is 0 Å². The highest BCUT2D eigenvalue weighted by atomic mass is 16.5. The summed E-state index contributed by atoms with van der Waals surface area (Å²) in [6.45, 7) is 1.88. The highest BCUT2D eigenvalue weighted by Gasteiger charge is 2.45. The average Bonchev–Trinajstić information content (AvgIpc) is 2.52. The van der Waals surface area contributed by atoms with Crippen LogP contribution in [0.25, 0.3) is 0 Å². The van der Waals surface area contributed by atoms with Crippen LogP contribution in [0.4, 0.5) is 0 Å². The van der Waals surface area contributed by atoms with Gasteiger partial charge < -0.3 is 10.1 Å². The molecule has 0 aromatic carbocycles. The summed E-state index contributed by atoms with van der Waals surface area (Å²) in [5.41, 5.74) is 0.782. The van der Waals surface area contributed by atoms with Gasteiger partial charge in [0.05, 0.1) is 6.61 Å². The summed E-state index contributed by atoms with van der Waals surface area (Å²) in [4.78, 5) is 0. The zero-order valence-corrected chi connectivity index (χ0v) is 8.64. The van der Waals surface area contributed by atoms with Crippen molar-refractivity contribution in [3.05, 3.63) is 0 Å². The van der Waals surface area contributed by atoms with Crippen LogP contribution in [0.5, 0.6) is 0 Å². The van der Waals surface area contributed by atoms with Gasteiger partial charge in [0.2, 0.25) is 0 Å². The lowest BCUT2D eigenvalue weighted by molar-refractivity contribution is 0.0832. The zero-order valence-electron chi connectivity index (χ0n) is 8.64. The van der Waals surface area contributed by atoms with E-state index in [1.165, 1.54) is 38.5 Å². The number of nitrogens with one attached hydrogen (secondary N) is 1. The number of ether oxygens (including phenoxy) is 1. The predicted octanol–water partition coefficient (Wildman–Crippen LogP) is 1.95. The fourth-order valence-electron chi connectivity index (χ4n) is 3.03. The predicted molar refractivity (Wildman–Crippen MR) is 53.8 cm³/mol. The minimum atomic E-state index is 0.782. The van der Waals surface area contributed by atoms with Crippen LogP contribution in [-0.4, -0.2) is 26.3 Å². The van der Waals surface area contributed by atoms with Gasteiger partial charge in [0.1, 0.15) is 0 Å². The molecule has 2 saturated carbocycles. The molecule has 0 bridgehead atoms. The van der Waals surface area contributed by atoms with E-state index in [0.717, 1.165) is 24.6 Å². The number of methoxy groups -OCH3 is 1. The third-order valence-electron chi connectivity index (χ3n) is 3.76. The topological polar surface area (TPSA) is 21.3 Å². The van der Waals surface area contributed by atoms with Crippen LogP contribution in [0.2, 0.25) is 0 Å². The van der Waals surface area contributed by atoms with Crippen molar-refractivity contribution in [3.8, 4) is 0 Å². The summed E-state index contributed by atoms with van der Waals surface area (Å²) >= 11 is 0. The Morgan fingerprint density at radius 1 is 1.31 bits per heavy atom. The van der Waals surface area contributed by atoms with Crippen molar-refractivity contribution in [1.82, 2.24) is 5.32 Å². The summed E-state index contributed by atoms with van der Waals surface area (Å²) in [5.74, 6) is 0. The quantitative estimate of drug-likeness (QED) is 0.673. The van der Waals surface area contributed by atoms with E-state index in [1.54, 1.807) is 7.11 Å². The van der Waals surface area contributed by atoms with Gasteiger partial charge in [-0.1, -0.05) is 12.8 Å². The molecular weight excluding hydrogens is 162 g/mol. The summed E-state index contributed by atoms with van der Waals surface area (Å²) < 4.78 is 5.02. The van der Waals surface area contributed by atoms with E-state index in [1.807, 2.05) is 0 Å². The summed E-state index contributed by atoms with van der Waals surface area (Å²) in [7, 11) is 1.76. The molecule has 0 heterocycles. The van der Waals surface area contributed by atoms with Gasteiger partial charge in [-0.2, -0.15) is 0 Å². The molecule has 1 spiro atoms. The van der Waals surface area contributed by atoms with E-state index >= 15 is 0 Å². The minimum absolute atomic E-state index is 0.782. The first-order valence-electron chi connectivity index (χ1n) is 5.57. The van der Waals surface area contributed by atoms with Crippen LogP contribution in [0.1, 0.15) is 38.5 Å². The second kappa shape index (κ2) is 3.97. The molecule has 0 radical (unpaired) electrons. The number of hydrogen-bond donors (Lipinski definition) is 1. The zero-order chi connectivity index (χ0) is 9.15. The van der Waals surface area contributed by atoms with Gasteiger partial charge in [0.15, 0.2) is 0 Å². The Kier molecular flexibility index (Phi) is 2.89. The molecule has 0 aromatic rings. The molecule has 0 aliphatic heterocycles. The van der Waals surface area contributed by atoms with E-state index < -0.39 is 0 Å².